The van der Waals surface area contributed by atoms with Gasteiger partial charge in [0.1, 0.15) is 5.69 Å². The van der Waals surface area contributed by atoms with E-state index >= 15 is 0 Å². The first-order valence-corrected chi connectivity index (χ1v) is 9.97. The smallest absolute Gasteiger partial charge is 0.270 e. The van der Waals surface area contributed by atoms with Crippen molar-refractivity contribution in [1.82, 2.24) is 15.3 Å². The van der Waals surface area contributed by atoms with Gasteiger partial charge in [-0.1, -0.05) is 30.3 Å². The minimum Gasteiger partial charge on any atom is -0.372 e. The lowest BCUT2D eigenvalue weighted by Gasteiger charge is -2.17. The van der Waals surface area contributed by atoms with Crippen molar-refractivity contribution in [1.29, 1.82) is 0 Å². The molecule has 1 fully saturated rings. The molecule has 3 aromatic rings. The summed E-state index contributed by atoms with van der Waals surface area (Å²) in [7, 11) is 0. The van der Waals surface area contributed by atoms with E-state index in [4.69, 9.17) is 0 Å². The number of rotatable bonds is 6. The second kappa shape index (κ2) is 8.73. The van der Waals surface area contributed by atoms with E-state index in [-0.39, 0.29) is 5.91 Å². The average molecular weight is 387 g/mol. The number of nitrogens with one attached hydrogen (secondary N) is 2. The molecule has 148 valence electrons. The number of amides is 1. The number of carbonyl (C=O) groups excluding carboxylic acids is 1. The highest BCUT2D eigenvalue weighted by atomic mass is 16.1. The summed E-state index contributed by atoms with van der Waals surface area (Å²) in [5, 5.41) is 6.12. The van der Waals surface area contributed by atoms with Crippen LogP contribution in [-0.2, 0) is 6.54 Å². The molecular formula is C23H25N5O. The van der Waals surface area contributed by atoms with E-state index in [1.165, 1.54) is 18.5 Å². The first kappa shape index (κ1) is 18.9. The molecule has 1 aromatic heterocycles. The largest absolute Gasteiger partial charge is 0.372 e. The predicted molar refractivity (Wildman–Crippen MR) is 116 cm³/mol. The van der Waals surface area contributed by atoms with Crippen molar-refractivity contribution < 1.29 is 4.79 Å². The number of hydrogen-bond donors (Lipinski definition) is 2. The molecule has 2 aromatic carbocycles. The van der Waals surface area contributed by atoms with Gasteiger partial charge in [-0.2, -0.15) is 0 Å². The van der Waals surface area contributed by atoms with E-state index in [1.54, 1.807) is 6.07 Å². The molecule has 0 radical (unpaired) electrons. The van der Waals surface area contributed by atoms with Crippen molar-refractivity contribution in [2.24, 2.45) is 0 Å². The first-order chi connectivity index (χ1) is 14.2. The van der Waals surface area contributed by atoms with Gasteiger partial charge >= 0.3 is 0 Å². The number of anilines is 3. The molecule has 6 heteroatoms. The number of benzene rings is 2. The SMILES string of the molecule is Cc1cc(C(=O)NCc2ccccc2)nc(Nc2ccc(N3CCCC3)cc2)n1. The minimum atomic E-state index is -0.216. The highest BCUT2D eigenvalue weighted by molar-refractivity contribution is 5.92. The lowest BCUT2D eigenvalue weighted by molar-refractivity contribution is 0.0945. The quantitative estimate of drug-likeness (QED) is 0.667. The molecule has 1 amide bonds. The topological polar surface area (TPSA) is 70.2 Å². The van der Waals surface area contributed by atoms with E-state index in [0.29, 0.717) is 18.2 Å². The average Bonchev–Trinajstić information content (AvgIpc) is 3.28. The van der Waals surface area contributed by atoms with Gasteiger partial charge < -0.3 is 15.5 Å². The number of aryl methyl sites for hydroxylation is 1. The van der Waals surface area contributed by atoms with Crippen LogP contribution in [0, 0.1) is 6.92 Å². The number of nitrogens with zero attached hydrogens (tertiary/aromatic N) is 3. The van der Waals surface area contributed by atoms with Crippen LogP contribution in [0.1, 0.15) is 34.6 Å². The van der Waals surface area contributed by atoms with Gasteiger partial charge in [0.05, 0.1) is 0 Å². The molecular weight excluding hydrogens is 362 g/mol. The minimum absolute atomic E-state index is 0.216. The Bertz CT molecular complexity index is 966. The molecule has 0 bridgehead atoms. The van der Waals surface area contributed by atoms with Crippen molar-refractivity contribution in [3.8, 4) is 0 Å². The fraction of sp³-hybridized carbons (Fsp3) is 0.261. The van der Waals surface area contributed by atoms with Gasteiger partial charge in [0, 0.05) is 36.7 Å². The second-order valence-electron chi connectivity index (χ2n) is 7.25. The third-order valence-corrected chi connectivity index (χ3v) is 4.98. The van der Waals surface area contributed by atoms with Gasteiger partial charge in [-0.05, 0) is 55.7 Å². The summed E-state index contributed by atoms with van der Waals surface area (Å²) >= 11 is 0. The summed E-state index contributed by atoms with van der Waals surface area (Å²) in [6.07, 6.45) is 2.51. The van der Waals surface area contributed by atoms with Crippen LogP contribution in [0.5, 0.6) is 0 Å². The van der Waals surface area contributed by atoms with Crippen molar-refractivity contribution in [2.45, 2.75) is 26.3 Å². The summed E-state index contributed by atoms with van der Waals surface area (Å²) in [5.41, 5.74) is 4.27. The van der Waals surface area contributed by atoms with Gasteiger partial charge in [-0.3, -0.25) is 4.79 Å². The maximum absolute atomic E-state index is 12.5. The van der Waals surface area contributed by atoms with Crippen LogP contribution in [0.2, 0.25) is 0 Å². The van der Waals surface area contributed by atoms with Crippen LogP contribution in [-0.4, -0.2) is 29.0 Å². The van der Waals surface area contributed by atoms with Gasteiger partial charge in [0.15, 0.2) is 0 Å². The molecule has 4 rings (SSSR count). The van der Waals surface area contributed by atoms with Crippen molar-refractivity contribution in [3.05, 3.63) is 77.6 Å². The summed E-state index contributed by atoms with van der Waals surface area (Å²) in [6, 6.07) is 19.8. The Morgan fingerprint density at radius 2 is 1.72 bits per heavy atom. The summed E-state index contributed by atoms with van der Waals surface area (Å²) in [4.78, 5) is 23.7. The molecule has 1 aliphatic rings. The Kier molecular flexibility index (Phi) is 5.70. The normalized spacial score (nSPS) is 13.3. The van der Waals surface area contributed by atoms with Crippen LogP contribution in [0.4, 0.5) is 17.3 Å². The second-order valence-corrected chi connectivity index (χ2v) is 7.25. The van der Waals surface area contributed by atoms with E-state index in [1.807, 2.05) is 49.4 Å². The summed E-state index contributed by atoms with van der Waals surface area (Å²) in [6.45, 7) is 4.56. The molecule has 2 N–H and O–H groups in total. The maximum Gasteiger partial charge on any atom is 0.270 e. The Morgan fingerprint density at radius 1 is 1.00 bits per heavy atom. The molecule has 1 aliphatic heterocycles. The fourth-order valence-electron chi connectivity index (χ4n) is 3.47. The van der Waals surface area contributed by atoms with Crippen molar-refractivity contribution in [3.63, 3.8) is 0 Å². The number of aromatic nitrogens is 2. The Hall–Kier alpha value is -3.41. The highest BCUT2D eigenvalue weighted by Gasteiger charge is 2.13. The van der Waals surface area contributed by atoms with E-state index in [9.17, 15) is 4.79 Å². The van der Waals surface area contributed by atoms with Crippen LogP contribution < -0.4 is 15.5 Å². The molecule has 0 spiro atoms. The molecule has 2 heterocycles. The van der Waals surface area contributed by atoms with E-state index in [2.05, 4.69) is 37.6 Å². The van der Waals surface area contributed by atoms with Crippen LogP contribution in [0.25, 0.3) is 0 Å². The zero-order valence-corrected chi connectivity index (χ0v) is 16.6. The lowest BCUT2D eigenvalue weighted by Crippen LogP contribution is -2.24. The standard InChI is InChI=1S/C23H25N5O/c1-17-15-21(22(29)24-16-18-7-3-2-4-8-18)27-23(25-17)26-19-9-11-20(12-10-19)28-13-5-6-14-28/h2-4,7-12,15H,5-6,13-14,16H2,1H3,(H,24,29)(H,25,26,27). The molecule has 0 unspecified atom stereocenters. The Balaban J connectivity index is 1.43. The van der Waals surface area contributed by atoms with Crippen LogP contribution >= 0.6 is 0 Å². The first-order valence-electron chi connectivity index (χ1n) is 9.97. The molecule has 1 saturated heterocycles. The summed E-state index contributed by atoms with van der Waals surface area (Å²) < 4.78 is 0. The molecule has 6 nitrogen and oxygen atoms in total. The van der Waals surface area contributed by atoms with Crippen molar-refractivity contribution >= 4 is 23.2 Å². The van der Waals surface area contributed by atoms with Gasteiger partial charge in [-0.25, -0.2) is 9.97 Å². The number of hydrogen-bond acceptors (Lipinski definition) is 5. The molecule has 0 aliphatic carbocycles. The number of carbonyl (C=O) groups is 1. The van der Waals surface area contributed by atoms with Gasteiger partial charge in [-0.15, -0.1) is 0 Å². The Labute approximate surface area is 171 Å². The third-order valence-electron chi connectivity index (χ3n) is 4.98. The Morgan fingerprint density at radius 3 is 2.45 bits per heavy atom. The third kappa shape index (κ3) is 4.90. The zero-order valence-electron chi connectivity index (χ0n) is 16.6. The van der Waals surface area contributed by atoms with Gasteiger partial charge in [0.25, 0.3) is 5.91 Å². The van der Waals surface area contributed by atoms with Crippen LogP contribution in [0.3, 0.4) is 0 Å². The molecule has 29 heavy (non-hydrogen) atoms. The van der Waals surface area contributed by atoms with Gasteiger partial charge in [0.2, 0.25) is 5.95 Å². The highest BCUT2D eigenvalue weighted by Crippen LogP contribution is 2.23. The zero-order chi connectivity index (χ0) is 20.1. The summed E-state index contributed by atoms with van der Waals surface area (Å²) in [5.74, 6) is 0.204. The maximum atomic E-state index is 12.5. The monoisotopic (exact) mass is 387 g/mol. The van der Waals surface area contributed by atoms with E-state index < -0.39 is 0 Å². The van der Waals surface area contributed by atoms with E-state index in [0.717, 1.165) is 30.0 Å². The van der Waals surface area contributed by atoms with Crippen LogP contribution in [0.15, 0.2) is 60.7 Å². The molecule has 0 atom stereocenters. The van der Waals surface area contributed by atoms with Crippen molar-refractivity contribution in [2.75, 3.05) is 23.3 Å². The molecule has 0 saturated carbocycles. The predicted octanol–water partition coefficient (Wildman–Crippen LogP) is 4.06. The fourth-order valence-corrected chi connectivity index (χ4v) is 3.47. The lowest BCUT2D eigenvalue weighted by atomic mass is 10.2.